The average molecular weight is 432 g/mol. The van der Waals surface area contributed by atoms with Crippen LogP contribution in [0.5, 0.6) is 11.5 Å². The van der Waals surface area contributed by atoms with E-state index in [1.807, 2.05) is 0 Å². The topological polar surface area (TPSA) is 76.1 Å². The molecule has 0 radical (unpaired) electrons. The largest absolute Gasteiger partial charge is 0.454 e. The first kappa shape index (κ1) is 21.2. The first-order valence-electron chi connectivity index (χ1n) is 10.5. The fraction of sp³-hybridized carbons (Fsp3) is 0.478. The van der Waals surface area contributed by atoms with E-state index in [0.717, 1.165) is 17.9 Å². The number of hydrogen-bond acceptors (Lipinski definition) is 5. The Bertz CT molecular complexity index is 969. The highest BCUT2D eigenvalue weighted by Gasteiger charge is 2.31. The summed E-state index contributed by atoms with van der Waals surface area (Å²) in [7, 11) is -3.67. The molecule has 1 fully saturated rings. The Balaban J connectivity index is 0.000000393. The van der Waals surface area contributed by atoms with E-state index in [0.29, 0.717) is 24.9 Å². The summed E-state index contributed by atoms with van der Waals surface area (Å²) in [5.74, 6) is 3.28. The van der Waals surface area contributed by atoms with Gasteiger partial charge in [-0.2, -0.15) is 8.42 Å². The fourth-order valence-electron chi connectivity index (χ4n) is 4.86. The summed E-state index contributed by atoms with van der Waals surface area (Å²) < 4.78 is 37.2. The van der Waals surface area contributed by atoms with Crippen molar-refractivity contribution < 1.29 is 22.4 Å². The molecule has 2 unspecified atom stereocenters. The summed E-state index contributed by atoms with van der Waals surface area (Å²) in [6, 6.07) is 15.4. The SMILES string of the molecule is CS(=O)(=O)O.c1ccc(C2CCN(CC3CCCc4c3ccc3c4OCO3)C2)cc1. The molecule has 5 rings (SSSR count). The highest BCUT2D eigenvalue weighted by molar-refractivity contribution is 7.85. The van der Waals surface area contributed by atoms with E-state index in [9.17, 15) is 8.42 Å². The number of ether oxygens (including phenoxy) is 2. The van der Waals surface area contributed by atoms with Crippen LogP contribution in [0.25, 0.3) is 0 Å². The van der Waals surface area contributed by atoms with Crippen LogP contribution in [0.2, 0.25) is 0 Å². The number of rotatable bonds is 3. The molecule has 2 aromatic carbocycles. The van der Waals surface area contributed by atoms with Gasteiger partial charge in [0.2, 0.25) is 6.79 Å². The maximum Gasteiger partial charge on any atom is 0.261 e. The molecule has 0 spiro atoms. The Hall–Kier alpha value is -2.09. The molecule has 1 saturated heterocycles. The summed E-state index contributed by atoms with van der Waals surface area (Å²) in [5, 5.41) is 0. The molecular formula is C23H29NO5S. The van der Waals surface area contributed by atoms with E-state index in [-0.39, 0.29) is 0 Å². The lowest BCUT2D eigenvalue weighted by Gasteiger charge is -2.30. The third-order valence-electron chi connectivity index (χ3n) is 6.12. The van der Waals surface area contributed by atoms with Crippen LogP contribution in [0.3, 0.4) is 0 Å². The van der Waals surface area contributed by atoms with Crippen LogP contribution in [0, 0.1) is 0 Å². The molecule has 0 amide bonds. The van der Waals surface area contributed by atoms with Crippen molar-refractivity contribution in [2.45, 2.75) is 37.5 Å². The summed E-state index contributed by atoms with van der Waals surface area (Å²) in [6.45, 7) is 3.97. The maximum atomic E-state index is 9.19. The van der Waals surface area contributed by atoms with Crippen molar-refractivity contribution in [3.63, 3.8) is 0 Å². The zero-order chi connectivity index (χ0) is 21.1. The van der Waals surface area contributed by atoms with Crippen molar-refractivity contribution in [3.05, 3.63) is 59.2 Å². The van der Waals surface area contributed by atoms with Crippen LogP contribution >= 0.6 is 0 Å². The summed E-state index contributed by atoms with van der Waals surface area (Å²) in [6.07, 6.45) is 5.68. The normalized spacial score (nSPS) is 22.9. The van der Waals surface area contributed by atoms with Crippen molar-refractivity contribution in [2.24, 2.45) is 0 Å². The highest BCUT2D eigenvalue weighted by atomic mass is 32.2. The van der Waals surface area contributed by atoms with Crippen LogP contribution in [0.4, 0.5) is 0 Å². The van der Waals surface area contributed by atoms with E-state index in [2.05, 4.69) is 47.4 Å². The van der Waals surface area contributed by atoms with Crippen LogP contribution in [-0.2, 0) is 16.5 Å². The summed E-state index contributed by atoms with van der Waals surface area (Å²) in [5.41, 5.74) is 4.40. The lowest BCUT2D eigenvalue weighted by Crippen LogP contribution is -2.28. The fourth-order valence-corrected chi connectivity index (χ4v) is 4.86. The second-order valence-electron chi connectivity index (χ2n) is 8.35. The molecule has 0 aromatic heterocycles. The quantitative estimate of drug-likeness (QED) is 0.745. The molecular weight excluding hydrogens is 402 g/mol. The smallest absolute Gasteiger partial charge is 0.261 e. The number of likely N-dealkylation sites (tertiary alicyclic amines) is 1. The molecule has 2 aromatic rings. The Morgan fingerprint density at radius 1 is 1.10 bits per heavy atom. The van der Waals surface area contributed by atoms with Gasteiger partial charge in [-0.15, -0.1) is 0 Å². The van der Waals surface area contributed by atoms with Crippen molar-refractivity contribution in [3.8, 4) is 11.5 Å². The third kappa shape index (κ3) is 5.14. The van der Waals surface area contributed by atoms with Gasteiger partial charge in [0.1, 0.15) is 0 Å². The zero-order valence-corrected chi connectivity index (χ0v) is 18.1. The van der Waals surface area contributed by atoms with Gasteiger partial charge in [0.05, 0.1) is 6.26 Å². The van der Waals surface area contributed by atoms with E-state index in [1.54, 1.807) is 0 Å². The van der Waals surface area contributed by atoms with Crippen molar-refractivity contribution in [1.29, 1.82) is 0 Å². The van der Waals surface area contributed by atoms with Gasteiger partial charge in [-0.25, -0.2) is 0 Å². The van der Waals surface area contributed by atoms with Gasteiger partial charge in [-0.1, -0.05) is 36.4 Å². The van der Waals surface area contributed by atoms with Crippen LogP contribution in [0.15, 0.2) is 42.5 Å². The van der Waals surface area contributed by atoms with E-state index >= 15 is 0 Å². The van der Waals surface area contributed by atoms with E-state index < -0.39 is 10.1 Å². The van der Waals surface area contributed by atoms with Crippen molar-refractivity contribution in [2.75, 3.05) is 32.7 Å². The van der Waals surface area contributed by atoms with Gasteiger partial charge < -0.3 is 14.4 Å². The Kier molecular flexibility index (Phi) is 6.32. The number of nitrogens with zero attached hydrogens (tertiary/aromatic N) is 1. The van der Waals surface area contributed by atoms with Crippen LogP contribution in [-0.4, -0.2) is 50.6 Å². The van der Waals surface area contributed by atoms with Crippen LogP contribution in [0.1, 0.15) is 47.8 Å². The van der Waals surface area contributed by atoms with Crippen LogP contribution < -0.4 is 9.47 Å². The molecule has 6 nitrogen and oxygen atoms in total. The maximum absolute atomic E-state index is 9.19. The zero-order valence-electron chi connectivity index (χ0n) is 17.3. The Morgan fingerprint density at radius 2 is 1.87 bits per heavy atom. The predicted molar refractivity (Wildman–Crippen MR) is 116 cm³/mol. The molecule has 1 N–H and O–H groups in total. The summed E-state index contributed by atoms with van der Waals surface area (Å²) >= 11 is 0. The Morgan fingerprint density at radius 3 is 2.63 bits per heavy atom. The van der Waals surface area contributed by atoms with Gasteiger partial charge >= 0.3 is 0 Å². The molecule has 0 bridgehead atoms. The molecule has 30 heavy (non-hydrogen) atoms. The van der Waals surface area contributed by atoms with Crippen molar-refractivity contribution >= 4 is 10.1 Å². The van der Waals surface area contributed by atoms with Gasteiger partial charge in [0.25, 0.3) is 10.1 Å². The molecule has 2 heterocycles. The minimum absolute atomic E-state index is 0.376. The molecule has 1 aliphatic carbocycles. The van der Waals surface area contributed by atoms with Crippen molar-refractivity contribution in [1.82, 2.24) is 4.90 Å². The Labute approximate surface area is 178 Å². The second-order valence-corrected chi connectivity index (χ2v) is 9.81. The predicted octanol–water partition coefficient (Wildman–Crippen LogP) is 3.83. The minimum atomic E-state index is -3.67. The monoisotopic (exact) mass is 431 g/mol. The first-order valence-corrected chi connectivity index (χ1v) is 12.3. The van der Waals surface area contributed by atoms with Gasteiger partial charge in [0.15, 0.2) is 11.5 Å². The number of fused-ring (bicyclic) bond motifs is 3. The molecule has 162 valence electrons. The first-order chi connectivity index (χ1) is 14.4. The van der Waals surface area contributed by atoms with E-state index in [1.165, 1.54) is 55.6 Å². The average Bonchev–Trinajstić information content (AvgIpc) is 3.37. The molecule has 7 heteroatoms. The van der Waals surface area contributed by atoms with Gasteiger partial charge in [-0.3, -0.25) is 4.55 Å². The van der Waals surface area contributed by atoms with Gasteiger partial charge in [-0.05, 0) is 61.3 Å². The molecule has 2 aliphatic heterocycles. The standard InChI is InChI=1S/C22H25NO2.CH4O3S/c1-2-5-16(6-3-1)17-11-12-23(13-17)14-18-7-4-8-20-19(18)9-10-21-22(20)25-15-24-21;1-5(2,3)4/h1-3,5-6,9-10,17-18H,4,7-8,11-15H2;1H3,(H,2,3,4). The van der Waals surface area contributed by atoms with Gasteiger partial charge in [0, 0.05) is 18.7 Å². The lowest BCUT2D eigenvalue weighted by atomic mass is 9.82. The number of hydrogen-bond donors (Lipinski definition) is 1. The molecule has 2 atom stereocenters. The molecule has 3 aliphatic rings. The second kappa shape index (κ2) is 8.96. The van der Waals surface area contributed by atoms with E-state index in [4.69, 9.17) is 14.0 Å². The minimum Gasteiger partial charge on any atom is -0.454 e. The third-order valence-corrected chi connectivity index (χ3v) is 6.12. The summed E-state index contributed by atoms with van der Waals surface area (Å²) in [4.78, 5) is 2.67. The number of benzene rings is 2. The highest BCUT2D eigenvalue weighted by Crippen LogP contribution is 2.44. The lowest BCUT2D eigenvalue weighted by molar-refractivity contribution is 0.173. The molecule has 0 saturated carbocycles.